The molecule has 6 nitrogen and oxygen atoms in total. The second-order valence-electron chi connectivity index (χ2n) is 4.20. The Morgan fingerprint density at radius 3 is 2.23 bits per heavy atom. The Labute approximate surface area is 134 Å². The second kappa shape index (κ2) is 9.68. The van der Waals surface area contributed by atoms with E-state index in [4.69, 9.17) is 21.3 Å². The molecule has 0 unspecified atom stereocenters. The first-order chi connectivity index (χ1) is 10.6. The molecule has 0 aliphatic carbocycles. The molecule has 120 valence electrons. The average Bonchev–Trinajstić information content (AvgIpc) is 2.48. The first-order valence-electron chi connectivity index (χ1n) is 6.85. The van der Waals surface area contributed by atoms with Gasteiger partial charge in [0.25, 0.3) is 0 Å². The highest BCUT2D eigenvalue weighted by atomic mass is 35.5. The minimum absolute atomic E-state index is 0.0534. The molecule has 0 aliphatic heterocycles. The predicted octanol–water partition coefficient (Wildman–Crippen LogP) is 3.06. The first kappa shape index (κ1) is 17.8. The molecule has 0 atom stereocenters. The summed E-state index contributed by atoms with van der Waals surface area (Å²) in [7, 11) is 0. The number of halogens is 1. The Balaban J connectivity index is 2.83. The van der Waals surface area contributed by atoms with Crippen LogP contribution < -0.4 is 10.2 Å². The highest BCUT2D eigenvalue weighted by Gasteiger charge is 2.10. The van der Waals surface area contributed by atoms with Crippen LogP contribution in [0.2, 0.25) is 0 Å². The van der Waals surface area contributed by atoms with Crippen molar-refractivity contribution in [3.8, 4) is 0 Å². The van der Waals surface area contributed by atoms with Gasteiger partial charge in [-0.3, -0.25) is 9.63 Å². The Morgan fingerprint density at radius 1 is 1.09 bits per heavy atom. The van der Waals surface area contributed by atoms with E-state index in [1.165, 1.54) is 6.08 Å². The van der Waals surface area contributed by atoms with Gasteiger partial charge < -0.3 is 14.8 Å². The van der Waals surface area contributed by atoms with Gasteiger partial charge in [0.05, 0.1) is 19.6 Å². The van der Waals surface area contributed by atoms with Crippen LogP contribution in [-0.4, -0.2) is 25.2 Å². The number of anilines is 2. The van der Waals surface area contributed by atoms with Gasteiger partial charge in [-0.15, -0.1) is 0 Å². The van der Waals surface area contributed by atoms with Crippen LogP contribution in [0.4, 0.5) is 11.4 Å². The lowest BCUT2D eigenvalue weighted by atomic mass is 10.2. The molecule has 22 heavy (non-hydrogen) atoms. The second-order valence-corrected chi connectivity index (χ2v) is 4.39. The number of nitrogens with one attached hydrogen (secondary N) is 2. The molecule has 0 spiro atoms. The monoisotopic (exact) mass is 326 g/mol. The van der Waals surface area contributed by atoms with Crippen molar-refractivity contribution in [2.24, 2.45) is 0 Å². The molecule has 0 radical (unpaired) electrons. The van der Waals surface area contributed by atoms with Crippen molar-refractivity contribution in [3.05, 3.63) is 36.0 Å². The van der Waals surface area contributed by atoms with Crippen LogP contribution in [0, 0.1) is 0 Å². The van der Waals surface area contributed by atoms with E-state index in [-0.39, 0.29) is 19.6 Å². The normalized spacial score (nSPS) is 10.8. The van der Waals surface area contributed by atoms with E-state index in [0.717, 1.165) is 5.69 Å². The number of rotatable bonds is 8. The van der Waals surface area contributed by atoms with Crippen molar-refractivity contribution >= 4 is 35.1 Å². The number of benzene rings is 1. The molecule has 0 fully saturated rings. The third kappa shape index (κ3) is 6.49. The van der Waals surface area contributed by atoms with Crippen molar-refractivity contribution < 1.29 is 19.1 Å². The number of esters is 2. The van der Waals surface area contributed by atoms with E-state index >= 15 is 0 Å². The van der Waals surface area contributed by atoms with Crippen molar-refractivity contribution in [2.45, 2.75) is 20.3 Å². The predicted molar refractivity (Wildman–Crippen MR) is 85.5 cm³/mol. The third-order valence-electron chi connectivity index (χ3n) is 2.52. The van der Waals surface area contributed by atoms with Crippen LogP contribution in [0.1, 0.15) is 20.3 Å². The fourth-order valence-corrected chi connectivity index (χ4v) is 1.75. The molecule has 1 aromatic rings. The Bertz CT molecular complexity index is 529. The van der Waals surface area contributed by atoms with Crippen LogP contribution in [0.5, 0.6) is 0 Å². The Hall–Kier alpha value is -2.21. The van der Waals surface area contributed by atoms with Crippen molar-refractivity contribution in [3.63, 3.8) is 0 Å². The minimum atomic E-state index is -0.520. The highest BCUT2D eigenvalue weighted by molar-refractivity contribution is 6.23. The summed E-state index contributed by atoms with van der Waals surface area (Å²) in [5, 5.41) is 3.00. The van der Waals surface area contributed by atoms with Gasteiger partial charge in [0.1, 0.15) is 0 Å². The fourth-order valence-electron chi connectivity index (χ4n) is 1.63. The first-order valence-corrected chi connectivity index (χ1v) is 7.23. The maximum Gasteiger partial charge on any atom is 0.332 e. The van der Waals surface area contributed by atoms with Gasteiger partial charge in [-0.25, -0.2) is 4.79 Å². The molecule has 0 amide bonds. The molecule has 0 aliphatic rings. The highest BCUT2D eigenvalue weighted by Crippen LogP contribution is 2.17. The average molecular weight is 327 g/mol. The topological polar surface area (TPSA) is 76.7 Å². The van der Waals surface area contributed by atoms with Gasteiger partial charge >= 0.3 is 11.9 Å². The van der Waals surface area contributed by atoms with Gasteiger partial charge in [0.15, 0.2) is 0 Å². The molecule has 7 heteroatoms. The van der Waals surface area contributed by atoms with Crippen molar-refractivity contribution in [2.75, 3.05) is 23.4 Å². The van der Waals surface area contributed by atoms with Crippen molar-refractivity contribution in [1.82, 2.24) is 0 Å². The summed E-state index contributed by atoms with van der Waals surface area (Å²) in [5.41, 5.74) is 1.83. The molecule has 0 saturated carbocycles. The fraction of sp³-hybridized carbons (Fsp3) is 0.333. The van der Waals surface area contributed by atoms with Crippen molar-refractivity contribution in [1.29, 1.82) is 0 Å². The van der Waals surface area contributed by atoms with E-state index in [1.807, 2.05) is 0 Å². The van der Waals surface area contributed by atoms with Crippen LogP contribution in [0.25, 0.3) is 0 Å². The lowest BCUT2D eigenvalue weighted by molar-refractivity contribution is -0.142. The maximum atomic E-state index is 11.6. The van der Waals surface area contributed by atoms with Crippen LogP contribution >= 0.6 is 11.8 Å². The van der Waals surface area contributed by atoms with Gasteiger partial charge in [-0.1, -0.05) is 0 Å². The van der Waals surface area contributed by atoms with Crippen LogP contribution in [0.15, 0.2) is 36.0 Å². The van der Waals surface area contributed by atoms with Gasteiger partial charge in [0, 0.05) is 34.9 Å². The lowest BCUT2D eigenvalue weighted by Crippen LogP contribution is -2.12. The van der Waals surface area contributed by atoms with Crippen LogP contribution in [0.3, 0.4) is 0 Å². The zero-order chi connectivity index (χ0) is 16.4. The molecule has 1 rings (SSSR count). The summed E-state index contributed by atoms with van der Waals surface area (Å²) < 4.78 is 9.74. The molecular weight excluding hydrogens is 308 g/mol. The zero-order valence-corrected chi connectivity index (χ0v) is 13.3. The standard InChI is InChI=1S/C15H19ClN2O4/c1-3-21-14(19)9-13(10-15(20)22-4-2)17-11-5-7-12(18-16)8-6-11/h5-9,17-18H,3-4,10H2,1-2H3. The molecule has 2 N–H and O–H groups in total. The van der Waals surface area contributed by atoms with E-state index < -0.39 is 11.9 Å². The van der Waals surface area contributed by atoms with Gasteiger partial charge in [0.2, 0.25) is 0 Å². The summed E-state index contributed by atoms with van der Waals surface area (Å²) in [6.45, 7) is 3.97. The number of hydrogen-bond acceptors (Lipinski definition) is 6. The molecule has 0 bridgehead atoms. The molecule has 0 saturated heterocycles. The van der Waals surface area contributed by atoms with E-state index in [9.17, 15) is 9.59 Å². The molecule has 0 aromatic heterocycles. The largest absolute Gasteiger partial charge is 0.466 e. The van der Waals surface area contributed by atoms with Gasteiger partial charge in [-0.2, -0.15) is 0 Å². The summed E-state index contributed by atoms with van der Waals surface area (Å²) in [6.07, 6.45) is 1.19. The Kier molecular flexibility index (Phi) is 7.85. The SMILES string of the molecule is CCOC(=O)C=C(CC(=O)OCC)Nc1ccc(NCl)cc1. The number of hydrogen-bond donors (Lipinski definition) is 2. The van der Waals surface area contributed by atoms with E-state index in [0.29, 0.717) is 11.4 Å². The summed E-state index contributed by atoms with van der Waals surface area (Å²) in [5.74, 6) is -0.946. The summed E-state index contributed by atoms with van der Waals surface area (Å²) in [4.78, 5) is 25.7. The summed E-state index contributed by atoms with van der Waals surface area (Å²) in [6, 6.07) is 7.02. The smallest absolute Gasteiger partial charge is 0.332 e. The summed E-state index contributed by atoms with van der Waals surface area (Å²) >= 11 is 5.49. The molecule has 0 heterocycles. The maximum absolute atomic E-state index is 11.6. The van der Waals surface area contributed by atoms with Gasteiger partial charge in [-0.05, 0) is 38.1 Å². The number of ether oxygens (including phenoxy) is 2. The molecular formula is C15H19ClN2O4. The Morgan fingerprint density at radius 2 is 1.68 bits per heavy atom. The van der Waals surface area contributed by atoms with Crippen LogP contribution in [-0.2, 0) is 19.1 Å². The number of carbonyl (C=O) groups excluding carboxylic acids is 2. The quantitative estimate of drug-likeness (QED) is 0.434. The van der Waals surface area contributed by atoms with E-state index in [1.54, 1.807) is 38.1 Å². The zero-order valence-electron chi connectivity index (χ0n) is 12.5. The number of carbonyl (C=O) groups is 2. The third-order valence-corrected chi connectivity index (χ3v) is 2.74. The minimum Gasteiger partial charge on any atom is -0.466 e. The van der Waals surface area contributed by atoms with E-state index in [2.05, 4.69) is 10.2 Å². The lowest BCUT2D eigenvalue weighted by Gasteiger charge is -2.11. The molecule has 1 aromatic carbocycles.